The predicted octanol–water partition coefficient (Wildman–Crippen LogP) is 2.77. The van der Waals surface area contributed by atoms with Gasteiger partial charge in [0.05, 0.1) is 22.3 Å². The van der Waals surface area contributed by atoms with Crippen LogP contribution in [0.2, 0.25) is 0 Å². The molecule has 0 unspecified atom stereocenters. The monoisotopic (exact) mass is 275 g/mol. The Morgan fingerprint density at radius 1 is 1.37 bits per heavy atom. The number of fused-ring (bicyclic) bond motifs is 1. The van der Waals surface area contributed by atoms with Crippen LogP contribution in [0, 0.1) is 0 Å². The van der Waals surface area contributed by atoms with Crippen molar-refractivity contribution >= 4 is 33.1 Å². The van der Waals surface area contributed by atoms with Crippen molar-refractivity contribution in [3.05, 3.63) is 23.7 Å². The first-order chi connectivity index (χ1) is 9.31. The number of benzene rings is 1. The van der Waals surface area contributed by atoms with E-state index < -0.39 is 0 Å². The van der Waals surface area contributed by atoms with Crippen LogP contribution < -0.4 is 10.6 Å². The Bertz CT molecular complexity index is 575. The fourth-order valence-corrected chi connectivity index (χ4v) is 3.22. The summed E-state index contributed by atoms with van der Waals surface area (Å²) >= 11 is 1.58. The first-order valence-electron chi connectivity index (χ1n) is 6.68. The average molecular weight is 275 g/mol. The maximum Gasteiger partial charge on any atom is 0.238 e. The molecule has 1 fully saturated rings. The molecule has 2 aromatic rings. The Labute approximate surface area is 116 Å². The summed E-state index contributed by atoms with van der Waals surface area (Å²) < 4.78 is 1.10. The molecule has 1 aliphatic carbocycles. The van der Waals surface area contributed by atoms with Crippen molar-refractivity contribution in [1.82, 2.24) is 10.3 Å². The van der Waals surface area contributed by atoms with Crippen LogP contribution in [0.5, 0.6) is 0 Å². The van der Waals surface area contributed by atoms with E-state index in [4.69, 9.17) is 0 Å². The summed E-state index contributed by atoms with van der Waals surface area (Å²) in [4.78, 5) is 16.1. The second kappa shape index (κ2) is 5.67. The molecule has 0 aliphatic heterocycles. The number of nitrogens with one attached hydrogen (secondary N) is 2. The Morgan fingerprint density at radius 3 is 3.05 bits per heavy atom. The van der Waals surface area contributed by atoms with Crippen LogP contribution in [-0.2, 0) is 4.79 Å². The van der Waals surface area contributed by atoms with E-state index in [2.05, 4.69) is 15.6 Å². The van der Waals surface area contributed by atoms with Crippen LogP contribution in [0.1, 0.15) is 25.7 Å². The van der Waals surface area contributed by atoms with Gasteiger partial charge in [-0.1, -0.05) is 12.8 Å². The number of hydrogen-bond donors (Lipinski definition) is 2. The lowest BCUT2D eigenvalue weighted by Crippen LogP contribution is -2.34. The highest BCUT2D eigenvalue weighted by Crippen LogP contribution is 2.21. The van der Waals surface area contributed by atoms with Crippen LogP contribution in [0.25, 0.3) is 10.2 Å². The second-order valence-electron chi connectivity index (χ2n) is 4.95. The summed E-state index contributed by atoms with van der Waals surface area (Å²) in [6.07, 6.45) is 4.95. The number of carbonyl (C=O) groups excluding carboxylic acids is 1. The van der Waals surface area contributed by atoms with Gasteiger partial charge in [-0.25, -0.2) is 4.98 Å². The van der Waals surface area contributed by atoms with Crippen molar-refractivity contribution in [2.75, 3.05) is 11.9 Å². The van der Waals surface area contributed by atoms with Crippen molar-refractivity contribution in [1.29, 1.82) is 0 Å². The largest absolute Gasteiger partial charge is 0.325 e. The summed E-state index contributed by atoms with van der Waals surface area (Å²) in [6, 6.07) is 6.33. The zero-order chi connectivity index (χ0) is 13.1. The van der Waals surface area contributed by atoms with Gasteiger partial charge in [-0.15, -0.1) is 11.3 Å². The molecule has 1 aliphatic rings. The first kappa shape index (κ1) is 12.6. The molecule has 1 amide bonds. The van der Waals surface area contributed by atoms with E-state index in [-0.39, 0.29) is 5.91 Å². The highest BCUT2D eigenvalue weighted by atomic mass is 32.1. The molecule has 1 heterocycles. The zero-order valence-corrected chi connectivity index (χ0v) is 11.5. The van der Waals surface area contributed by atoms with Crippen molar-refractivity contribution < 1.29 is 4.79 Å². The van der Waals surface area contributed by atoms with Gasteiger partial charge in [-0.2, -0.15) is 0 Å². The molecule has 5 heteroatoms. The third-order valence-electron chi connectivity index (χ3n) is 3.52. The lowest BCUT2D eigenvalue weighted by molar-refractivity contribution is -0.115. The quantitative estimate of drug-likeness (QED) is 0.902. The fraction of sp³-hybridized carbons (Fsp3) is 0.429. The standard InChI is InChI=1S/C14H17N3OS/c18-14(8-15-10-3-1-2-4-10)17-11-5-6-12-13(7-11)19-9-16-12/h5-7,9-10,15H,1-4,8H2,(H,17,18). The van der Waals surface area contributed by atoms with Crippen LogP contribution in [0.4, 0.5) is 5.69 Å². The molecule has 0 bridgehead atoms. The van der Waals surface area contributed by atoms with Crippen LogP contribution in [0.3, 0.4) is 0 Å². The highest BCUT2D eigenvalue weighted by molar-refractivity contribution is 7.16. The van der Waals surface area contributed by atoms with Crippen molar-refractivity contribution in [3.8, 4) is 0 Å². The maximum atomic E-state index is 11.9. The van der Waals surface area contributed by atoms with E-state index in [1.165, 1.54) is 25.7 Å². The van der Waals surface area contributed by atoms with Gasteiger partial charge in [-0.3, -0.25) is 4.79 Å². The lowest BCUT2D eigenvalue weighted by atomic mass is 10.2. The zero-order valence-electron chi connectivity index (χ0n) is 10.7. The number of anilines is 1. The van der Waals surface area contributed by atoms with E-state index in [0.29, 0.717) is 12.6 Å². The summed E-state index contributed by atoms with van der Waals surface area (Å²) in [7, 11) is 0. The molecule has 1 saturated carbocycles. The third-order valence-corrected chi connectivity index (χ3v) is 4.31. The van der Waals surface area contributed by atoms with Gasteiger partial charge in [0.25, 0.3) is 0 Å². The van der Waals surface area contributed by atoms with Crippen LogP contribution in [-0.4, -0.2) is 23.5 Å². The Morgan fingerprint density at radius 2 is 2.21 bits per heavy atom. The number of aromatic nitrogens is 1. The van der Waals surface area contributed by atoms with Gasteiger partial charge in [0.2, 0.25) is 5.91 Å². The molecule has 19 heavy (non-hydrogen) atoms. The minimum Gasteiger partial charge on any atom is -0.325 e. The van der Waals surface area contributed by atoms with Gasteiger partial charge in [0.15, 0.2) is 0 Å². The SMILES string of the molecule is O=C(CNC1CCCC1)Nc1ccc2ncsc2c1. The number of hydrogen-bond acceptors (Lipinski definition) is 4. The van der Waals surface area contributed by atoms with E-state index in [1.54, 1.807) is 11.3 Å². The molecule has 100 valence electrons. The molecule has 0 saturated heterocycles. The summed E-state index contributed by atoms with van der Waals surface area (Å²) in [6.45, 7) is 0.394. The Hall–Kier alpha value is -1.46. The van der Waals surface area contributed by atoms with Crippen molar-refractivity contribution in [2.24, 2.45) is 0 Å². The van der Waals surface area contributed by atoms with E-state index >= 15 is 0 Å². The molecular formula is C14H17N3OS. The lowest BCUT2D eigenvalue weighted by Gasteiger charge is -2.11. The highest BCUT2D eigenvalue weighted by Gasteiger charge is 2.15. The summed E-state index contributed by atoms with van der Waals surface area (Å²) in [5.74, 6) is 0.0239. The Kier molecular flexibility index (Phi) is 3.75. The predicted molar refractivity (Wildman–Crippen MR) is 78.5 cm³/mol. The molecule has 2 N–H and O–H groups in total. The van der Waals surface area contributed by atoms with Gasteiger partial charge in [0, 0.05) is 11.7 Å². The molecule has 4 nitrogen and oxygen atoms in total. The molecule has 1 aromatic heterocycles. The van der Waals surface area contributed by atoms with Crippen molar-refractivity contribution in [2.45, 2.75) is 31.7 Å². The number of amides is 1. The van der Waals surface area contributed by atoms with Gasteiger partial charge in [-0.05, 0) is 31.0 Å². The van der Waals surface area contributed by atoms with Crippen molar-refractivity contribution in [3.63, 3.8) is 0 Å². The number of thiazole rings is 1. The second-order valence-corrected chi connectivity index (χ2v) is 5.83. The van der Waals surface area contributed by atoms with E-state index in [9.17, 15) is 4.79 Å². The summed E-state index contributed by atoms with van der Waals surface area (Å²) in [5.41, 5.74) is 3.64. The number of rotatable bonds is 4. The number of carbonyl (C=O) groups is 1. The number of nitrogens with zero attached hydrogens (tertiary/aromatic N) is 1. The van der Waals surface area contributed by atoms with Gasteiger partial charge >= 0.3 is 0 Å². The maximum absolute atomic E-state index is 11.9. The molecule has 0 atom stereocenters. The first-order valence-corrected chi connectivity index (χ1v) is 7.56. The van der Waals surface area contributed by atoms with Crippen LogP contribution >= 0.6 is 11.3 Å². The normalized spacial score (nSPS) is 16.0. The smallest absolute Gasteiger partial charge is 0.238 e. The molecule has 0 spiro atoms. The molecule has 0 radical (unpaired) electrons. The van der Waals surface area contributed by atoms with Crippen LogP contribution in [0.15, 0.2) is 23.7 Å². The molecule has 1 aromatic carbocycles. The average Bonchev–Trinajstić information content (AvgIpc) is 3.07. The van der Waals surface area contributed by atoms with Gasteiger partial charge < -0.3 is 10.6 Å². The third kappa shape index (κ3) is 3.11. The minimum atomic E-state index is 0.0239. The summed E-state index contributed by atoms with van der Waals surface area (Å²) in [5, 5.41) is 6.24. The van der Waals surface area contributed by atoms with Gasteiger partial charge in [0.1, 0.15) is 0 Å². The topological polar surface area (TPSA) is 54.0 Å². The fourth-order valence-electron chi connectivity index (χ4n) is 2.51. The molecular weight excluding hydrogens is 258 g/mol. The minimum absolute atomic E-state index is 0.0239. The van der Waals surface area contributed by atoms with E-state index in [1.807, 2.05) is 23.7 Å². The Balaban J connectivity index is 1.55. The molecule has 3 rings (SSSR count). The van der Waals surface area contributed by atoms with E-state index in [0.717, 1.165) is 15.9 Å².